The van der Waals surface area contributed by atoms with Gasteiger partial charge in [-0.25, -0.2) is 9.97 Å². The fourth-order valence-corrected chi connectivity index (χ4v) is 3.12. The summed E-state index contributed by atoms with van der Waals surface area (Å²) in [6.45, 7) is 1.70. The van der Waals surface area contributed by atoms with Crippen molar-refractivity contribution in [2.24, 2.45) is 0 Å². The zero-order valence-corrected chi connectivity index (χ0v) is 12.5. The van der Waals surface area contributed by atoms with Gasteiger partial charge < -0.3 is 15.2 Å². The minimum atomic E-state index is -0.144. The van der Waals surface area contributed by atoms with Crippen LogP contribution in [0.5, 0.6) is 0 Å². The molecule has 0 amide bonds. The van der Waals surface area contributed by atoms with Gasteiger partial charge in [0.05, 0.1) is 12.2 Å². The largest absolute Gasteiger partial charge is 0.393 e. The minimum absolute atomic E-state index is 0.144. The quantitative estimate of drug-likeness (QED) is 0.755. The summed E-state index contributed by atoms with van der Waals surface area (Å²) in [5.74, 6) is 1.27. The molecule has 2 fully saturated rings. The summed E-state index contributed by atoms with van der Waals surface area (Å²) in [6.07, 6.45) is 9.72. The molecule has 2 aliphatic rings. The average molecular weight is 291 g/mol. The van der Waals surface area contributed by atoms with E-state index >= 15 is 0 Å². The molecule has 0 aliphatic heterocycles. The highest BCUT2D eigenvalue weighted by atomic mass is 16.5. The van der Waals surface area contributed by atoms with E-state index in [0.717, 1.165) is 43.9 Å². The molecule has 21 heavy (non-hydrogen) atoms. The van der Waals surface area contributed by atoms with Crippen LogP contribution in [0, 0.1) is 0 Å². The van der Waals surface area contributed by atoms with Crippen molar-refractivity contribution in [2.45, 2.75) is 63.1 Å². The van der Waals surface area contributed by atoms with Gasteiger partial charge in [0.25, 0.3) is 0 Å². The van der Waals surface area contributed by atoms with E-state index in [1.165, 1.54) is 25.7 Å². The van der Waals surface area contributed by atoms with E-state index in [2.05, 4.69) is 15.3 Å². The third-order valence-corrected chi connectivity index (χ3v) is 4.50. The molecule has 1 heterocycles. The van der Waals surface area contributed by atoms with Crippen LogP contribution < -0.4 is 5.32 Å². The van der Waals surface area contributed by atoms with Crippen LogP contribution >= 0.6 is 0 Å². The fraction of sp³-hybridized carbons (Fsp3) is 0.750. The van der Waals surface area contributed by atoms with E-state index in [4.69, 9.17) is 4.74 Å². The van der Waals surface area contributed by atoms with Crippen molar-refractivity contribution < 1.29 is 9.84 Å². The molecule has 5 nitrogen and oxygen atoms in total. The third kappa shape index (κ3) is 4.14. The van der Waals surface area contributed by atoms with E-state index in [1.807, 2.05) is 6.07 Å². The van der Waals surface area contributed by atoms with Crippen molar-refractivity contribution in [2.75, 3.05) is 18.5 Å². The molecular formula is C16H25N3O2. The summed E-state index contributed by atoms with van der Waals surface area (Å²) in [5.41, 5.74) is 1.04. The van der Waals surface area contributed by atoms with E-state index in [1.54, 1.807) is 6.33 Å². The van der Waals surface area contributed by atoms with Gasteiger partial charge in [0.15, 0.2) is 0 Å². The SMILES string of the molecule is OC1CC(c2cc(NCCCOC3CCCC3)ncn2)C1. The van der Waals surface area contributed by atoms with Gasteiger partial charge in [-0.3, -0.25) is 0 Å². The molecule has 0 aromatic carbocycles. The molecule has 0 unspecified atom stereocenters. The summed E-state index contributed by atoms with van der Waals surface area (Å²) >= 11 is 0. The van der Waals surface area contributed by atoms with Crippen molar-refractivity contribution in [3.05, 3.63) is 18.1 Å². The predicted octanol–water partition coefficient (Wildman–Crippen LogP) is 2.48. The van der Waals surface area contributed by atoms with Gasteiger partial charge in [-0.2, -0.15) is 0 Å². The maximum absolute atomic E-state index is 9.37. The number of nitrogens with zero attached hydrogens (tertiary/aromatic N) is 2. The Bertz CT molecular complexity index is 443. The highest BCUT2D eigenvalue weighted by Crippen LogP contribution is 2.35. The summed E-state index contributed by atoms with van der Waals surface area (Å²) in [7, 11) is 0. The van der Waals surface area contributed by atoms with Gasteiger partial charge in [-0.1, -0.05) is 12.8 Å². The van der Waals surface area contributed by atoms with Crippen LogP contribution in [0.3, 0.4) is 0 Å². The molecule has 2 saturated carbocycles. The van der Waals surface area contributed by atoms with Crippen molar-refractivity contribution >= 4 is 5.82 Å². The standard InChI is InChI=1S/C16H25N3O2/c20-13-8-12(9-13)15-10-16(19-11-18-15)17-6-3-7-21-14-4-1-2-5-14/h10-14,20H,1-9H2,(H,17,18,19). The number of aliphatic hydroxyl groups is 1. The summed E-state index contributed by atoms with van der Waals surface area (Å²) in [4.78, 5) is 8.55. The first-order chi connectivity index (χ1) is 10.3. The minimum Gasteiger partial charge on any atom is -0.393 e. The first-order valence-electron chi connectivity index (χ1n) is 8.17. The normalized spacial score (nSPS) is 25.8. The number of nitrogens with one attached hydrogen (secondary N) is 1. The Morgan fingerprint density at radius 3 is 2.81 bits per heavy atom. The first-order valence-corrected chi connectivity index (χ1v) is 8.17. The molecule has 0 atom stereocenters. The van der Waals surface area contributed by atoms with E-state index in [-0.39, 0.29) is 6.10 Å². The van der Waals surface area contributed by atoms with Gasteiger partial charge >= 0.3 is 0 Å². The van der Waals surface area contributed by atoms with Gasteiger partial charge in [0.1, 0.15) is 12.1 Å². The van der Waals surface area contributed by atoms with Crippen LogP contribution in [0.1, 0.15) is 56.6 Å². The molecule has 2 N–H and O–H groups in total. The molecule has 0 radical (unpaired) electrons. The zero-order chi connectivity index (χ0) is 14.5. The Morgan fingerprint density at radius 1 is 1.24 bits per heavy atom. The third-order valence-electron chi connectivity index (χ3n) is 4.50. The lowest BCUT2D eigenvalue weighted by Gasteiger charge is -2.30. The predicted molar refractivity (Wildman–Crippen MR) is 81.3 cm³/mol. The van der Waals surface area contributed by atoms with Crippen molar-refractivity contribution in [1.29, 1.82) is 0 Å². The summed E-state index contributed by atoms with van der Waals surface area (Å²) in [6, 6.07) is 2.01. The van der Waals surface area contributed by atoms with Crippen LogP contribution in [-0.4, -0.2) is 40.4 Å². The lowest BCUT2D eigenvalue weighted by molar-refractivity contribution is 0.0583. The summed E-state index contributed by atoms with van der Waals surface area (Å²) in [5, 5.41) is 12.7. The van der Waals surface area contributed by atoms with Crippen LogP contribution in [0.15, 0.2) is 12.4 Å². The second kappa shape index (κ2) is 7.18. The Morgan fingerprint density at radius 2 is 2.05 bits per heavy atom. The molecule has 1 aromatic rings. The van der Waals surface area contributed by atoms with Crippen molar-refractivity contribution in [3.8, 4) is 0 Å². The summed E-state index contributed by atoms with van der Waals surface area (Å²) < 4.78 is 5.84. The Balaban J connectivity index is 1.35. The molecule has 0 saturated heterocycles. The number of anilines is 1. The number of aliphatic hydroxyl groups excluding tert-OH is 1. The maximum Gasteiger partial charge on any atom is 0.129 e. The topological polar surface area (TPSA) is 67.3 Å². The Labute approximate surface area is 126 Å². The maximum atomic E-state index is 9.37. The lowest BCUT2D eigenvalue weighted by Crippen LogP contribution is -2.27. The number of ether oxygens (including phenoxy) is 1. The monoisotopic (exact) mass is 291 g/mol. The molecular weight excluding hydrogens is 266 g/mol. The smallest absolute Gasteiger partial charge is 0.129 e. The molecule has 2 aliphatic carbocycles. The molecule has 0 spiro atoms. The zero-order valence-electron chi connectivity index (χ0n) is 12.5. The number of aromatic nitrogens is 2. The van der Waals surface area contributed by atoms with Gasteiger partial charge in [-0.15, -0.1) is 0 Å². The average Bonchev–Trinajstić information content (AvgIpc) is 2.97. The van der Waals surface area contributed by atoms with E-state index in [0.29, 0.717) is 12.0 Å². The Hall–Kier alpha value is -1.20. The molecule has 0 bridgehead atoms. The molecule has 3 rings (SSSR count). The van der Waals surface area contributed by atoms with E-state index in [9.17, 15) is 5.11 Å². The van der Waals surface area contributed by atoms with Gasteiger partial charge in [0, 0.05) is 30.8 Å². The highest BCUT2D eigenvalue weighted by Gasteiger charge is 2.29. The second-order valence-corrected chi connectivity index (χ2v) is 6.21. The van der Waals surface area contributed by atoms with Crippen molar-refractivity contribution in [3.63, 3.8) is 0 Å². The van der Waals surface area contributed by atoms with Gasteiger partial charge in [0.2, 0.25) is 0 Å². The van der Waals surface area contributed by atoms with Crippen LogP contribution in [0.2, 0.25) is 0 Å². The van der Waals surface area contributed by atoms with E-state index < -0.39 is 0 Å². The first kappa shape index (κ1) is 14.7. The molecule has 116 valence electrons. The highest BCUT2D eigenvalue weighted by molar-refractivity contribution is 5.36. The lowest BCUT2D eigenvalue weighted by atomic mass is 9.80. The molecule has 1 aromatic heterocycles. The van der Waals surface area contributed by atoms with Gasteiger partial charge in [-0.05, 0) is 32.1 Å². The second-order valence-electron chi connectivity index (χ2n) is 6.21. The van der Waals surface area contributed by atoms with Crippen LogP contribution in [0.25, 0.3) is 0 Å². The van der Waals surface area contributed by atoms with Crippen molar-refractivity contribution in [1.82, 2.24) is 9.97 Å². The molecule has 5 heteroatoms. The van der Waals surface area contributed by atoms with Crippen LogP contribution in [0.4, 0.5) is 5.82 Å². The number of rotatable bonds is 7. The fourth-order valence-electron chi connectivity index (χ4n) is 3.12. The Kier molecular flexibility index (Phi) is 5.04. The van der Waals surface area contributed by atoms with Crippen LogP contribution in [-0.2, 0) is 4.74 Å². The number of hydrogen-bond donors (Lipinski definition) is 2. The number of hydrogen-bond acceptors (Lipinski definition) is 5.